The summed E-state index contributed by atoms with van der Waals surface area (Å²) in [6, 6.07) is 2.15. The SMILES string of the molecule is Cc1nn(C)c(Cl)c1Cn1ccc(CNCC(C)C)c1. The Labute approximate surface area is 125 Å². The molecule has 0 fully saturated rings. The molecule has 0 bridgehead atoms. The quantitative estimate of drug-likeness (QED) is 0.889. The molecule has 2 rings (SSSR count). The standard InChI is InChI=1S/C15H23ClN4/c1-11(2)7-17-8-13-5-6-20(9-13)10-14-12(3)18-19(4)15(14)16/h5-6,9,11,17H,7-8,10H2,1-4H3. The molecule has 0 aliphatic heterocycles. The fourth-order valence-electron chi connectivity index (χ4n) is 2.23. The van der Waals surface area contributed by atoms with Crippen molar-refractivity contribution in [2.24, 2.45) is 13.0 Å². The summed E-state index contributed by atoms with van der Waals surface area (Å²) < 4.78 is 3.88. The average Bonchev–Trinajstić information content (AvgIpc) is 2.90. The summed E-state index contributed by atoms with van der Waals surface area (Å²) in [4.78, 5) is 0. The zero-order chi connectivity index (χ0) is 14.7. The van der Waals surface area contributed by atoms with Crippen LogP contribution in [0.5, 0.6) is 0 Å². The highest BCUT2D eigenvalue weighted by Gasteiger charge is 2.11. The predicted octanol–water partition coefficient (Wildman–Crippen LogP) is 2.98. The van der Waals surface area contributed by atoms with Crippen molar-refractivity contribution in [2.45, 2.75) is 33.9 Å². The summed E-state index contributed by atoms with van der Waals surface area (Å²) in [5.74, 6) is 0.675. The van der Waals surface area contributed by atoms with Gasteiger partial charge < -0.3 is 9.88 Å². The van der Waals surface area contributed by atoms with Crippen LogP contribution in [0.25, 0.3) is 0 Å². The van der Waals surface area contributed by atoms with Crippen LogP contribution in [-0.2, 0) is 20.1 Å². The molecule has 0 radical (unpaired) electrons. The third-order valence-electron chi connectivity index (χ3n) is 3.30. The van der Waals surface area contributed by atoms with Gasteiger partial charge in [-0.15, -0.1) is 0 Å². The lowest BCUT2D eigenvalue weighted by Gasteiger charge is -2.06. The van der Waals surface area contributed by atoms with Crippen molar-refractivity contribution in [3.63, 3.8) is 0 Å². The number of nitrogens with one attached hydrogen (secondary N) is 1. The summed E-state index contributed by atoms with van der Waals surface area (Å²) in [7, 11) is 1.87. The van der Waals surface area contributed by atoms with Crippen LogP contribution in [0.4, 0.5) is 0 Å². The van der Waals surface area contributed by atoms with Crippen molar-refractivity contribution < 1.29 is 0 Å². The zero-order valence-electron chi connectivity index (χ0n) is 12.7. The van der Waals surface area contributed by atoms with Crippen LogP contribution in [0.2, 0.25) is 5.15 Å². The molecule has 0 atom stereocenters. The molecule has 0 saturated heterocycles. The highest BCUT2D eigenvalue weighted by Crippen LogP contribution is 2.20. The molecular formula is C15H23ClN4. The molecular weight excluding hydrogens is 272 g/mol. The van der Waals surface area contributed by atoms with Crippen molar-refractivity contribution in [2.75, 3.05) is 6.54 Å². The minimum absolute atomic E-state index is 0.675. The molecule has 0 aliphatic rings. The van der Waals surface area contributed by atoms with Gasteiger partial charge in [0.2, 0.25) is 0 Å². The van der Waals surface area contributed by atoms with Crippen LogP contribution in [0, 0.1) is 12.8 Å². The van der Waals surface area contributed by atoms with Gasteiger partial charge in [0, 0.05) is 31.5 Å². The molecule has 1 N–H and O–H groups in total. The molecule has 5 heteroatoms. The Hall–Kier alpha value is -1.26. The van der Waals surface area contributed by atoms with Crippen molar-refractivity contribution in [1.82, 2.24) is 19.7 Å². The molecule has 0 aromatic carbocycles. The molecule has 0 saturated carbocycles. The van der Waals surface area contributed by atoms with E-state index in [1.165, 1.54) is 5.56 Å². The average molecular weight is 295 g/mol. The summed E-state index contributed by atoms with van der Waals surface area (Å²) in [6.07, 6.45) is 4.26. The summed E-state index contributed by atoms with van der Waals surface area (Å²) in [5, 5.41) is 8.51. The van der Waals surface area contributed by atoms with Crippen LogP contribution in [0.3, 0.4) is 0 Å². The normalized spacial score (nSPS) is 11.5. The van der Waals surface area contributed by atoms with Crippen LogP contribution in [0.1, 0.15) is 30.7 Å². The third-order valence-corrected chi connectivity index (χ3v) is 3.78. The first-order valence-corrected chi connectivity index (χ1v) is 7.38. The van der Waals surface area contributed by atoms with Gasteiger partial charge in [0.05, 0.1) is 12.2 Å². The number of halogens is 1. The first-order chi connectivity index (χ1) is 9.47. The van der Waals surface area contributed by atoms with E-state index in [0.29, 0.717) is 5.92 Å². The molecule has 0 aliphatic carbocycles. The van der Waals surface area contributed by atoms with E-state index in [-0.39, 0.29) is 0 Å². The van der Waals surface area contributed by atoms with Gasteiger partial charge in [0.15, 0.2) is 0 Å². The van der Waals surface area contributed by atoms with E-state index in [1.807, 2.05) is 14.0 Å². The Balaban J connectivity index is 1.99. The predicted molar refractivity (Wildman–Crippen MR) is 83.0 cm³/mol. The Morgan fingerprint density at radius 3 is 2.75 bits per heavy atom. The summed E-state index contributed by atoms with van der Waals surface area (Å²) >= 11 is 6.26. The fourth-order valence-corrected chi connectivity index (χ4v) is 2.47. The molecule has 2 aromatic rings. The van der Waals surface area contributed by atoms with E-state index in [0.717, 1.165) is 36.0 Å². The van der Waals surface area contributed by atoms with Crippen LogP contribution < -0.4 is 5.32 Å². The van der Waals surface area contributed by atoms with Crippen molar-refractivity contribution in [1.29, 1.82) is 0 Å². The van der Waals surface area contributed by atoms with Gasteiger partial charge in [-0.2, -0.15) is 5.10 Å². The van der Waals surface area contributed by atoms with Gasteiger partial charge in [-0.25, -0.2) is 0 Å². The van der Waals surface area contributed by atoms with Gasteiger partial charge in [-0.05, 0) is 31.0 Å². The van der Waals surface area contributed by atoms with Crippen molar-refractivity contribution in [3.8, 4) is 0 Å². The van der Waals surface area contributed by atoms with Crippen LogP contribution in [-0.4, -0.2) is 20.9 Å². The van der Waals surface area contributed by atoms with Gasteiger partial charge in [-0.3, -0.25) is 4.68 Å². The molecule has 2 heterocycles. The number of rotatable bonds is 6. The monoisotopic (exact) mass is 294 g/mol. The Bertz CT molecular complexity index is 568. The lowest BCUT2D eigenvalue weighted by atomic mass is 10.2. The van der Waals surface area contributed by atoms with Crippen LogP contribution >= 0.6 is 11.6 Å². The second kappa shape index (κ2) is 6.46. The molecule has 0 unspecified atom stereocenters. The fraction of sp³-hybridized carbons (Fsp3) is 0.533. The largest absolute Gasteiger partial charge is 0.349 e. The molecule has 0 amide bonds. The number of aromatic nitrogens is 3. The lowest BCUT2D eigenvalue weighted by molar-refractivity contribution is 0.552. The van der Waals surface area contributed by atoms with E-state index in [2.05, 4.69) is 47.3 Å². The molecule has 20 heavy (non-hydrogen) atoms. The van der Waals surface area contributed by atoms with E-state index >= 15 is 0 Å². The van der Waals surface area contributed by atoms with Gasteiger partial charge in [0.25, 0.3) is 0 Å². The second-order valence-corrected chi connectivity index (χ2v) is 6.05. The van der Waals surface area contributed by atoms with E-state index in [4.69, 9.17) is 11.6 Å². The highest BCUT2D eigenvalue weighted by atomic mass is 35.5. The first-order valence-electron chi connectivity index (χ1n) is 7.00. The minimum atomic E-state index is 0.675. The first kappa shape index (κ1) is 15.1. The molecule has 4 nitrogen and oxygen atoms in total. The van der Waals surface area contributed by atoms with Crippen molar-refractivity contribution >= 4 is 11.6 Å². The Kier molecular flexibility index (Phi) is 4.89. The Morgan fingerprint density at radius 1 is 1.40 bits per heavy atom. The van der Waals surface area contributed by atoms with Gasteiger partial charge >= 0.3 is 0 Å². The number of nitrogens with zero attached hydrogens (tertiary/aromatic N) is 3. The maximum Gasteiger partial charge on any atom is 0.131 e. The third kappa shape index (κ3) is 3.64. The second-order valence-electron chi connectivity index (χ2n) is 5.70. The van der Waals surface area contributed by atoms with Crippen LogP contribution in [0.15, 0.2) is 18.5 Å². The maximum atomic E-state index is 6.26. The maximum absolute atomic E-state index is 6.26. The lowest BCUT2D eigenvalue weighted by Crippen LogP contribution is -2.18. The number of hydrogen-bond acceptors (Lipinski definition) is 2. The minimum Gasteiger partial charge on any atom is -0.349 e. The zero-order valence-corrected chi connectivity index (χ0v) is 13.4. The summed E-state index contributed by atoms with van der Waals surface area (Å²) in [5.41, 5.74) is 3.38. The number of hydrogen-bond donors (Lipinski definition) is 1. The summed E-state index contributed by atoms with van der Waals surface area (Å²) in [6.45, 7) is 9.14. The molecule has 0 spiro atoms. The highest BCUT2D eigenvalue weighted by molar-refractivity contribution is 6.30. The van der Waals surface area contributed by atoms with Gasteiger partial charge in [-0.1, -0.05) is 25.4 Å². The number of aryl methyl sites for hydroxylation is 2. The molecule has 2 aromatic heterocycles. The van der Waals surface area contributed by atoms with E-state index < -0.39 is 0 Å². The van der Waals surface area contributed by atoms with Gasteiger partial charge in [0.1, 0.15) is 5.15 Å². The van der Waals surface area contributed by atoms with E-state index in [9.17, 15) is 0 Å². The molecule has 110 valence electrons. The van der Waals surface area contributed by atoms with E-state index in [1.54, 1.807) is 4.68 Å². The van der Waals surface area contributed by atoms with Crippen molar-refractivity contribution in [3.05, 3.63) is 40.4 Å². The smallest absolute Gasteiger partial charge is 0.131 e. The Morgan fingerprint density at radius 2 is 2.15 bits per heavy atom. The topological polar surface area (TPSA) is 34.8 Å².